The zero-order valence-corrected chi connectivity index (χ0v) is 13.3. The van der Waals surface area contributed by atoms with Crippen molar-refractivity contribution >= 4 is 11.6 Å². The molecule has 0 radical (unpaired) electrons. The van der Waals surface area contributed by atoms with Crippen LogP contribution >= 0.6 is 0 Å². The normalized spacial score (nSPS) is 11.0. The SMILES string of the molecule is O=C(Nc1ccccc1)c1cccnc1Oc1cccc(C(F)(F)F)c1. The summed E-state index contributed by atoms with van der Waals surface area (Å²) >= 11 is 0. The number of rotatable bonds is 4. The lowest BCUT2D eigenvalue weighted by atomic mass is 10.2. The van der Waals surface area contributed by atoms with Crippen LogP contribution in [0.2, 0.25) is 0 Å². The zero-order chi connectivity index (χ0) is 18.6. The molecule has 4 nitrogen and oxygen atoms in total. The summed E-state index contributed by atoms with van der Waals surface area (Å²) < 4.78 is 43.9. The van der Waals surface area contributed by atoms with Crippen molar-refractivity contribution in [3.05, 3.63) is 84.1 Å². The van der Waals surface area contributed by atoms with Gasteiger partial charge in [-0.25, -0.2) is 4.98 Å². The smallest absolute Gasteiger partial charge is 0.416 e. The summed E-state index contributed by atoms with van der Waals surface area (Å²) in [5.41, 5.74) is -0.165. The van der Waals surface area contributed by atoms with Crippen LogP contribution in [0.25, 0.3) is 0 Å². The van der Waals surface area contributed by atoms with Crippen molar-refractivity contribution in [3.8, 4) is 11.6 Å². The molecule has 0 unspecified atom stereocenters. The minimum absolute atomic E-state index is 0.0627. The number of aromatic nitrogens is 1. The number of ether oxygens (including phenoxy) is 1. The van der Waals surface area contributed by atoms with Crippen molar-refractivity contribution in [2.75, 3.05) is 5.32 Å². The predicted octanol–water partition coefficient (Wildman–Crippen LogP) is 5.15. The largest absolute Gasteiger partial charge is 0.438 e. The second-order valence-electron chi connectivity index (χ2n) is 5.30. The number of halogens is 3. The Morgan fingerprint density at radius 3 is 2.46 bits per heavy atom. The Kier molecular flexibility index (Phi) is 4.88. The van der Waals surface area contributed by atoms with Crippen LogP contribution in [0.3, 0.4) is 0 Å². The number of pyridine rings is 1. The highest BCUT2D eigenvalue weighted by atomic mass is 19.4. The molecule has 3 rings (SSSR count). The van der Waals surface area contributed by atoms with Gasteiger partial charge < -0.3 is 10.1 Å². The highest BCUT2D eigenvalue weighted by Crippen LogP contribution is 2.33. The van der Waals surface area contributed by atoms with E-state index in [4.69, 9.17) is 4.74 Å². The molecule has 7 heteroatoms. The predicted molar refractivity (Wildman–Crippen MR) is 90.2 cm³/mol. The van der Waals surface area contributed by atoms with Gasteiger partial charge in [0.05, 0.1) is 5.56 Å². The molecule has 0 aliphatic heterocycles. The maximum atomic E-state index is 12.8. The fraction of sp³-hybridized carbons (Fsp3) is 0.0526. The average molecular weight is 358 g/mol. The first-order chi connectivity index (χ1) is 12.4. The van der Waals surface area contributed by atoms with E-state index in [1.54, 1.807) is 30.3 Å². The summed E-state index contributed by atoms with van der Waals surface area (Å²) in [4.78, 5) is 16.4. The number of amides is 1. The molecule has 1 amide bonds. The van der Waals surface area contributed by atoms with Crippen molar-refractivity contribution in [1.29, 1.82) is 0 Å². The molecule has 0 aliphatic carbocycles. The van der Waals surface area contributed by atoms with Crippen LogP contribution in [0.1, 0.15) is 15.9 Å². The lowest BCUT2D eigenvalue weighted by Crippen LogP contribution is -2.13. The minimum atomic E-state index is -4.49. The molecule has 1 N–H and O–H groups in total. The Balaban J connectivity index is 1.85. The van der Waals surface area contributed by atoms with E-state index in [1.807, 2.05) is 6.07 Å². The Labute approximate surface area is 147 Å². The van der Waals surface area contributed by atoms with Gasteiger partial charge in [0.2, 0.25) is 5.88 Å². The maximum absolute atomic E-state index is 12.8. The Morgan fingerprint density at radius 2 is 1.73 bits per heavy atom. The number of nitrogens with zero attached hydrogens (tertiary/aromatic N) is 1. The van der Waals surface area contributed by atoms with Gasteiger partial charge in [-0.1, -0.05) is 24.3 Å². The molecular weight excluding hydrogens is 345 g/mol. The lowest BCUT2D eigenvalue weighted by Gasteiger charge is -2.12. The van der Waals surface area contributed by atoms with E-state index in [1.165, 1.54) is 24.4 Å². The highest BCUT2D eigenvalue weighted by Gasteiger charge is 2.30. The Morgan fingerprint density at radius 1 is 0.962 bits per heavy atom. The van der Waals surface area contributed by atoms with Crippen LogP contribution in [0.5, 0.6) is 11.6 Å². The molecule has 0 bridgehead atoms. The molecule has 0 aliphatic rings. The van der Waals surface area contributed by atoms with Gasteiger partial charge in [0, 0.05) is 11.9 Å². The summed E-state index contributed by atoms with van der Waals surface area (Å²) in [5, 5.41) is 2.68. The van der Waals surface area contributed by atoms with E-state index in [0.29, 0.717) is 5.69 Å². The summed E-state index contributed by atoms with van der Waals surface area (Å²) in [6, 6.07) is 16.2. The molecule has 0 fully saturated rings. The standard InChI is InChI=1S/C19H13F3N2O2/c20-19(21,22)13-6-4-9-15(12-13)26-18-16(10-5-11-23-18)17(25)24-14-7-2-1-3-8-14/h1-12H,(H,24,25). The van der Waals surface area contributed by atoms with Crippen molar-refractivity contribution < 1.29 is 22.7 Å². The molecule has 0 saturated carbocycles. The molecule has 132 valence electrons. The van der Waals surface area contributed by atoms with Crippen LogP contribution in [-0.2, 0) is 6.18 Å². The van der Waals surface area contributed by atoms with Gasteiger partial charge in [-0.2, -0.15) is 13.2 Å². The Bertz CT molecular complexity index is 912. The Hall–Kier alpha value is -3.35. The molecule has 26 heavy (non-hydrogen) atoms. The topological polar surface area (TPSA) is 51.2 Å². The molecule has 0 saturated heterocycles. The second kappa shape index (κ2) is 7.26. The van der Waals surface area contributed by atoms with Gasteiger partial charge in [0.1, 0.15) is 11.3 Å². The summed E-state index contributed by atoms with van der Waals surface area (Å²) in [6.45, 7) is 0. The van der Waals surface area contributed by atoms with Gasteiger partial charge in [-0.05, 0) is 42.5 Å². The van der Waals surface area contributed by atoms with E-state index >= 15 is 0 Å². The van der Waals surface area contributed by atoms with Gasteiger partial charge in [-0.15, -0.1) is 0 Å². The zero-order valence-electron chi connectivity index (χ0n) is 13.3. The fourth-order valence-electron chi connectivity index (χ4n) is 2.21. The first kappa shape index (κ1) is 17.5. The van der Waals surface area contributed by atoms with Gasteiger partial charge in [-0.3, -0.25) is 4.79 Å². The quantitative estimate of drug-likeness (QED) is 0.702. The molecule has 1 aromatic heterocycles. The number of carbonyl (C=O) groups is 1. The van der Waals surface area contributed by atoms with Crippen LogP contribution in [0.4, 0.5) is 18.9 Å². The van der Waals surface area contributed by atoms with Gasteiger partial charge in [0.25, 0.3) is 5.91 Å². The number of anilines is 1. The van der Waals surface area contributed by atoms with E-state index in [9.17, 15) is 18.0 Å². The summed E-state index contributed by atoms with van der Waals surface area (Å²) in [7, 11) is 0. The number of hydrogen-bond donors (Lipinski definition) is 1. The summed E-state index contributed by atoms with van der Waals surface area (Å²) in [6.07, 6.45) is -3.10. The van der Waals surface area contributed by atoms with Crippen LogP contribution in [0.15, 0.2) is 72.9 Å². The first-order valence-electron chi connectivity index (χ1n) is 7.60. The third kappa shape index (κ3) is 4.18. The lowest BCUT2D eigenvalue weighted by molar-refractivity contribution is -0.137. The fourth-order valence-corrected chi connectivity index (χ4v) is 2.21. The molecule has 0 spiro atoms. The van der Waals surface area contributed by atoms with Crippen LogP contribution in [0, 0.1) is 0 Å². The maximum Gasteiger partial charge on any atom is 0.416 e. The number of nitrogens with one attached hydrogen (secondary N) is 1. The van der Waals surface area contributed by atoms with Crippen molar-refractivity contribution in [2.24, 2.45) is 0 Å². The molecule has 1 heterocycles. The minimum Gasteiger partial charge on any atom is -0.438 e. The van der Waals surface area contributed by atoms with Crippen molar-refractivity contribution in [1.82, 2.24) is 4.98 Å². The van der Waals surface area contributed by atoms with Crippen molar-refractivity contribution in [3.63, 3.8) is 0 Å². The van der Waals surface area contributed by atoms with Crippen LogP contribution < -0.4 is 10.1 Å². The first-order valence-corrected chi connectivity index (χ1v) is 7.60. The molecule has 0 atom stereocenters. The van der Waals surface area contributed by atoms with E-state index in [2.05, 4.69) is 10.3 Å². The van der Waals surface area contributed by atoms with Crippen LogP contribution in [-0.4, -0.2) is 10.9 Å². The van der Waals surface area contributed by atoms with Gasteiger partial charge >= 0.3 is 6.18 Å². The van der Waals surface area contributed by atoms with E-state index in [0.717, 1.165) is 12.1 Å². The highest BCUT2D eigenvalue weighted by molar-refractivity contribution is 6.05. The molecule has 2 aromatic carbocycles. The van der Waals surface area contributed by atoms with Gasteiger partial charge in [0.15, 0.2) is 0 Å². The number of para-hydroxylation sites is 1. The summed E-state index contributed by atoms with van der Waals surface area (Å²) in [5.74, 6) is -0.626. The molecular formula is C19H13F3N2O2. The monoisotopic (exact) mass is 358 g/mol. The van der Waals surface area contributed by atoms with E-state index in [-0.39, 0.29) is 17.2 Å². The van der Waals surface area contributed by atoms with Crippen molar-refractivity contribution in [2.45, 2.75) is 6.18 Å². The average Bonchev–Trinajstić information content (AvgIpc) is 2.62. The third-order valence-electron chi connectivity index (χ3n) is 3.42. The number of benzene rings is 2. The second-order valence-corrected chi connectivity index (χ2v) is 5.30. The number of carbonyl (C=O) groups excluding carboxylic acids is 1. The molecule has 3 aromatic rings. The number of hydrogen-bond acceptors (Lipinski definition) is 3. The third-order valence-corrected chi connectivity index (χ3v) is 3.42. The van der Waals surface area contributed by atoms with E-state index < -0.39 is 17.6 Å². The number of alkyl halides is 3.